The van der Waals surface area contributed by atoms with E-state index in [4.69, 9.17) is 4.74 Å². The van der Waals surface area contributed by atoms with Gasteiger partial charge in [0.1, 0.15) is 11.9 Å². The van der Waals surface area contributed by atoms with E-state index < -0.39 is 11.9 Å². The zero-order chi connectivity index (χ0) is 23.7. The number of hydrogen-bond donors (Lipinski definition) is 1. The second kappa shape index (κ2) is 9.85. The van der Waals surface area contributed by atoms with E-state index in [1.54, 1.807) is 12.1 Å². The Labute approximate surface area is 201 Å². The van der Waals surface area contributed by atoms with Crippen LogP contribution in [0.4, 0.5) is 4.39 Å². The van der Waals surface area contributed by atoms with Crippen molar-refractivity contribution in [1.29, 1.82) is 0 Å². The lowest BCUT2D eigenvalue weighted by Gasteiger charge is -2.29. The molecule has 34 heavy (non-hydrogen) atoms. The summed E-state index contributed by atoms with van der Waals surface area (Å²) in [6, 6.07) is 10.3. The molecule has 0 bridgehead atoms. The highest BCUT2D eigenvalue weighted by molar-refractivity contribution is 7.98. The van der Waals surface area contributed by atoms with Gasteiger partial charge in [-0.05, 0) is 41.3 Å². The van der Waals surface area contributed by atoms with Crippen molar-refractivity contribution >= 4 is 29.5 Å². The van der Waals surface area contributed by atoms with Gasteiger partial charge in [0.25, 0.3) is 5.91 Å². The van der Waals surface area contributed by atoms with Crippen LogP contribution in [0.3, 0.4) is 0 Å². The largest absolute Gasteiger partial charge is 0.379 e. The Hall–Kier alpha value is -2.75. The highest BCUT2D eigenvalue weighted by Gasteiger charge is 2.39. The number of hydrogen-bond acceptors (Lipinski definition) is 6. The van der Waals surface area contributed by atoms with E-state index in [0.717, 1.165) is 29.1 Å². The molecule has 5 rings (SSSR count). The molecule has 3 aliphatic heterocycles. The molecule has 1 unspecified atom stereocenters. The fourth-order valence-corrected chi connectivity index (χ4v) is 5.74. The average molecular weight is 484 g/mol. The molecule has 0 saturated carbocycles. The third-order valence-corrected chi connectivity index (χ3v) is 7.70. The summed E-state index contributed by atoms with van der Waals surface area (Å²) in [7, 11) is 0. The SMILES string of the molecule is O=C1CCC(N2Cc3c(SCc4ccc(CN5CCOCC5)cc4F)cccc3C2=O)C(=O)N1. The van der Waals surface area contributed by atoms with Crippen molar-refractivity contribution in [3.63, 3.8) is 0 Å². The van der Waals surface area contributed by atoms with E-state index in [1.807, 2.05) is 24.3 Å². The quantitative estimate of drug-likeness (QED) is 0.503. The first-order valence-electron chi connectivity index (χ1n) is 11.5. The molecular weight excluding hydrogens is 457 g/mol. The van der Waals surface area contributed by atoms with Gasteiger partial charge in [0, 0.05) is 48.8 Å². The van der Waals surface area contributed by atoms with Gasteiger partial charge in [-0.1, -0.05) is 18.2 Å². The molecule has 0 aliphatic carbocycles. The Bertz CT molecular complexity index is 1140. The zero-order valence-corrected chi connectivity index (χ0v) is 19.5. The number of fused-ring (bicyclic) bond motifs is 1. The molecule has 0 radical (unpaired) electrons. The van der Waals surface area contributed by atoms with Gasteiger partial charge in [0.05, 0.1) is 13.2 Å². The third kappa shape index (κ3) is 4.73. The normalized spacial score (nSPS) is 21.0. The number of imide groups is 1. The van der Waals surface area contributed by atoms with Gasteiger partial charge in [-0.15, -0.1) is 11.8 Å². The Morgan fingerprint density at radius 3 is 2.71 bits per heavy atom. The number of ether oxygens (including phenoxy) is 1. The van der Waals surface area contributed by atoms with Crippen LogP contribution in [-0.2, 0) is 33.2 Å². The van der Waals surface area contributed by atoms with Crippen molar-refractivity contribution < 1.29 is 23.5 Å². The van der Waals surface area contributed by atoms with E-state index in [1.165, 1.54) is 16.7 Å². The van der Waals surface area contributed by atoms with Crippen LogP contribution >= 0.6 is 11.8 Å². The lowest BCUT2D eigenvalue weighted by Crippen LogP contribution is -2.52. The first kappa shape index (κ1) is 23.0. The summed E-state index contributed by atoms with van der Waals surface area (Å²) in [5, 5.41) is 2.32. The fraction of sp³-hybridized carbons (Fsp3) is 0.400. The van der Waals surface area contributed by atoms with Crippen LogP contribution in [-0.4, -0.2) is 59.9 Å². The molecule has 3 heterocycles. The van der Waals surface area contributed by atoms with Crippen molar-refractivity contribution in [3.05, 3.63) is 64.5 Å². The Kier molecular flexibility index (Phi) is 6.67. The number of benzene rings is 2. The second-order valence-electron chi connectivity index (χ2n) is 8.79. The number of morpholine rings is 1. The molecule has 0 spiro atoms. The highest BCUT2D eigenvalue weighted by atomic mass is 32.2. The molecule has 2 aromatic carbocycles. The van der Waals surface area contributed by atoms with E-state index in [-0.39, 0.29) is 24.1 Å². The summed E-state index contributed by atoms with van der Waals surface area (Å²) < 4.78 is 20.2. The highest BCUT2D eigenvalue weighted by Crippen LogP contribution is 2.36. The van der Waals surface area contributed by atoms with E-state index in [0.29, 0.717) is 49.6 Å². The molecule has 7 nitrogen and oxygen atoms in total. The van der Waals surface area contributed by atoms with Gasteiger partial charge in [-0.3, -0.25) is 24.6 Å². The van der Waals surface area contributed by atoms with Crippen LogP contribution in [0, 0.1) is 5.82 Å². The van der Waals surface area contributed by atoms with Crippen molar-refractivity contribution in [2.24, 2.45) is 0 Å². The number of halogens is 1. The second-order valence-corrected chi connectivity index (χ2v) is 9.80. The smallest absolute Gasteiger partial charge is 0.255 e. The van der Waals surface area contributed by atoms with Gasteiger partial charge in [0.15, 0.2) is 0 Å². The van der Waals surface area contributed by atoms with E-state index >= 15 is 0 Å². The van der Waals surface area contributed by atoms with E-state index in [2.05, 4.69) is 10.2 Å². The molecule has 3 amide bonds. The summed E-state index contributed by atoms with van der Waals surface area (Å²) in [5.74, 6) is -0.726. The first-order valence-corrected chi connectivity index (χ1v) is 12.4. The van der Waals surface area contributed by atoms with Gasteiger partial charge in [-0.2, -0.15) is 0 Å². The Morgan fingerprint density at radius 2 is 1.94 bits per heavy atom. The van der Waals surface area contributed by atoms with E-state index in [9.17, 15) is 18.8 Å². The molecular formula is C25H26FN3O4S. The third-order valence-electron chi connectivity index (χ3n) is 6.55. The standard InChI is InChI=1S/C25H26FN3O4S/c26-20-12-16(13-28-8-10-33-11-9-28)4-5-17(20)15-34-22-3-1-2-18-19(22)14-29(25(18)32)21-6-7-23(30)27-24(21)31/h1-5,12,21H,6-11,13-15H2,(H,27,30,31). The molecule has 2 fully saturated rings. The van der Waals surface area contributed by atoms with Gasteiger partial charge >= 0.3 is 0 Å². The lowest BCUT2D eigenvalue weighted by molar-refractivity contribution is -0.136. The predicted molar refractivity (Wildman–Crippen MR) is 125 cm³/mol. The molecule has 9 heteroatoms. The van der Waals surface area contributed by atoms with Crippen LogP contribution < -0.4 is 5.32 Å². The fourth-order valence-electron chi connectivity index (χ4n) is 4.67. The minimum absolute atomic E-state index is 0.203. The molecule has 1 atom stereocenters. The number of piperidine rings is 1. The van der Waals surface area contributed by atoms with Crippen molar-refractivity contribution in [2.75, 3.05) is 26.3 Å². The topological polar surface area (TPSA) is 79.0 Å². The average Bonchev–Trinajstić information content (AvgIpc) is 3.16. The van der Waals surface area contributed by atoms with Gasteiger partial charge < -0.3 is 9.64 Å². The summed E-state index contributed by atoms with van der Waals surface area (Å²) in [6.07, 6.45) is 0.549. The maximum atomic E-state index is 14.8. The van der Waals surface area contributed by atoms with Crippen LogP contribution in [0.15, 0.2) is 41.3 Å². The summed E-state index contributed by atoms with van der Waals surface area (Å²) in [6.45, 7) is 4.15. The van der Waals surface area contributed by atoms with Gasteiger partial charge in [-0.25, -0.2) is 4.39 Å². The predicted octanol–water partition coefficient (Wildman–Crippen LogP) is 2.71. The van der Waals surface area contributed by atoms with Crippen LogP contribution in [0.25, 0.3) is 0 Å². The molecule has 178 valence electrons. The number of nitrogens with one attached hydrogen (secondary N) is 1. The summed E-state index contributed by atoms with van der Waals surface area (Å²) >= 11 is 1.49. The number of nitrogens with zero attached hydrogens (tertiary/aromatic N) is 2. The molecule has 1 N–H and O–H groups in total. The Morgan fingerprint density at radius 1 is 1.12 bits per heavy atom. The van der Waals surface area contributed by atoms with Crippen molar-refractivity contribution in [3.8, 4) is 0 Å². The molecule has 0 aromatic heterocycles. The Balaban J connectivity index is 1.26. The maximum Gasteiger partial charge on any atom is 0.255 e. The lowest BCUT2D eigenvalue weighted by atomic mass is 10.0. The number of carbonyl (C=O) groups excluding carboxylic acids is 3. The number of thioether (sulfide) groups is 1. The number of amides is 3. The minimum atomic E-state index is -0.646. The van der Waals surface area contributed by atoms with Crippen LogP contribution in [0.2, 0.25) is 0 Å². The summed E-state index contributed by atoms with van der Waals surface area (Å²) in [4.78, 5) is 41.5. The molecule has 2 saturated heterocycles. The first-order chi connectivity index (χ1) is 16.5. The number of carbonyl (C=O) groups is 3. The summed E-state index contributed by atoms with van der Waals surface area (Å²) in [5.41, 5.74) is 2.97. The number of rotatable bonds is 6. The van der Waals surface area contributed by atoms with Crippen LogP contribution in [0.5, 0.6) is 0 Å². The minimum Gasteiger partial charge on any atom is -0.379 e. The monoisotopic (exact) mass is 483 g/mol. The van der Waals surface area contributed by atoms with Gasteiger partial charge in [0.2, 0.25) is 11.8 Å². The maximum absolute atomic E-state index is 14.8. The zero-order valence-electron chi connectivity index (χ0n) is 18.7. The van der Waals surface area contributed by atoms with Crippen molar-refractivity contribution in [2.45, 2.75) is 42.6 Å². The molecule has 2 aromatic rings. The van der Waals surface area contributed by atoms with Crippen molar-refractivity contribution in [1.82, 2.24) is 15.1 Å². The van der Waals surface area contributed by atoms with Crippen LogP contribution in [0.1, 0.15) is 39.9 Å². The molecule has 3 aliphatic rings.